The van der Waals surface area contributed by atoms with Crippen LogP contribution < -0.4 is 5.32 Å². The normalized spacial score (nSPS) is 25.0. The highest BCUT2D eigenvalue weighted by Gasteiger charge is 2.36. The fraction of sp³-hybridized carbons (Fsp3) is 0.579. The lowest BCUT2D eigenvalue weighted by Gasteiger charge is -2.35. The molecule has 1 aromatic rings. The van der Waals surface area contributed by atoms with Gasteiger partial charge in [-0.1, -0.05) is 29.8 Å². The number of benzene rings is 1. The van der Waals surface area contributed by atoms with Crippen LogP contribution in [-0.2, 0) is 4.79 Å². The fourth-order valence-corrected chi connectivity index (χ4v) is 3.83. The van der Waals surface area contributed by atoms with Crippen molar-refractivity contribution in [1.82, 2.24) is 10.2 Å². The summed E-state index contributed by atoms with van der Waals surface area (Å²) in [6, 6.07) is 9.03. The zero-order valence-corrected chi connectivity index (χ0v) is 15.3. The SMILES string of the molecule is Cc1ccc(C(=O)CCC(=O)N(C)C2CC3CCC(C2)N3)cc1.Cl. The van der Waals surface area contributed by atoms with Crippen molar-refractivity contribution in [2.24, 2.45) is 0 Å². The molecule has 24 heavy (non-hydrogen) atoms. The average Bonchev–Trinajstić information content (AvgIpc) is 2.90. The van der Waals surface area contributed by atoms with Gasteiger partial charge in [0.15, 0.2) is 5.78 Å². The summed E-state index contributed by atoms with van der Waals surface area (Å²) in [5.74, 6) is 0.147. The summed E-state index contributed by atoms with van der Waals surface area (Å²) < 4.78 is 0. The molecule has 1 aromatic carbocycles. The summed E-state index contributed by atoms with van der Waals surface area (Å²) in [7, 11) is 1.90. The summed E-state index contributed by atoms with van der Waals surface area (Å²) in [6.45, 7) is 2.00. The molecular formula is C19H27ClN2O2. The van der Waals surface area contributed by atoms with Gasteiger partial charge in [-0.15, -0.1) is 12.4 Å². The molecule has 4 nitrogen and oxygen atoms in total. The van der Waals surface area contributed by atoms with Gasteiger partial charge in [-0.25, -0.2) is 0 Å². The Balaban J connectivity index is 0.00000208. The molecule has 3 rings (SSSR count). The number of ketones is 1. The van der Waals surface area contributed by atoms with E-state index in [2.05, 4.69) is 5.32 Å². The Kier molecular flexibility index (Phi) is 6.41. The summed E-state index contributed by atoms with van der Waals surface area (Å²) in [5.41, 5.74) is 1.84. The summed E-state index contributed by atoms with van der Waals surface area (Å²) in [4.78, 5) is 26.5. The monoisotopic (exact) mass is 350 g/mol. The number of rotatable bonds is 5. The van der Waals surface area contributed by atoms with Gasteiger partial charge >= 0.3 is 0 Å². The Morgan fingerprint density at radius 3 is 2.25 bits per heavy atom. The molecule has 0 spiro atoms. The number of nitrogens with one attached hydrogen (secondary N) is 1. The van der Waals surface area contributed by atoms with Crippen molar-refractivity contribution in [2.45, 2.75) is 63.6 Å². The maximum absolute atomic E-state index is 12.4. The lowest BCUT2D eigenvalue weighted by molar-refractivity contribution is -0.132. The predicted molar refractivity (Wildman–Crippen MR) is 97.7 cm³/mol. The van der Waals surface area contributed by atoms with Crippen molar-refractivity contribution in [3.8, 4) is 0 Å². The molecule has 2 fully saturated rings. The Morgan fingerprint density at radius 2 is 1.67 bits per heavy atom. The molecule has 1 amide bonds. The lowest BCUT2D eigenvalue weighted by Crippen LogP contribution is -2.48. The first kappa shape index (κ1) is 18.9. The third kappa shape index (κ3) is 4.37. The van der Waals surface area contributed by atoms with Crippen LogP contribution in [0.5, 0.6) is 0 Å². The van der Waals surface area contributed by atoms with Gasteiger partial charge in [-0.2, -0.15) is 0 Å². The number of hydrogen-bond donors (Lipinski definition) is 1. The van der Waals surface area contributed by atoms with Gasteiger partial charge in [0.2, 0.25) is 5.91 Å². The number of nitrogens with zero attached hydrogens (tertiary/aromatic N) is 1. The molecule has 2 aliphatic heterocycles. The number of piperidine rings is 1. The third-order valence-electron chi connectivity index (χ3n) is 5.33. The van der Waals surface area contributed by atoms with E-state index in [9.17, 15) is 9.59 Å². The van der Waals surface area contributed by atoms with Crippen LogP contribution in [0.15, 0.2) is 24.3 Å². The van der Waals surface area contributed by atoms with Gasteiger partial charge in [0.1, 0.15) is 0 Å². The second-order valence-electron chi connectivity index (χ2n) is 7.06. The number of hydrogen-bond acceptors (Lipinski definition) is 3. The van der Waals surface area contributed by atoms with Crippen molar-refractivity contribution in [3.63, 3.8) is 0 Å². The highest BCUT2D eigenvalue weighted by atomic mass is 35.5. The minimum absolute atomic E-state index is 0. The van der Waals surface area contributed by atoms with Crippen LogP contribution in [0.1, 0.15) is 54.4 Å². The average molecular weight is 351 g/mol. The number of aryl methyl sites for hydroxylation is 1. The van der Waals surface area contributed by atoms with E-state index in [1.54, 1.807) is 0 Å². The van der Waals surface area contributed by atoms with Crippen molar-refractivity contribution >= 4 is 24.1 Å². The van der Waals surface area contributed by atoms with Crippen molar-refractivity contribution < 1.29 is 9.59 Å². The van der Waals surface area contributed by atoms with Crippen molar-refractivity contribution in [2.75, 3.05) is 7.05 Å². The van der Waals surface area contributed by atoms with Crippen LogP contribution in [0.25, 0.3) is 0 Å². The summed E-state index contributed by atoms with van der Waals surface area (Å²) >= 11 is 0. The Labute approximate surface area is 150 Å². The molecule has 2 unspecified atom stereocenters. The molecule has 1 N–H and O–H groups in total. The topological polar surface area (TPSA) is 49.4 Å². The smallest absolute Gasteiger partial charge is 0.223 e. The van der Waals surface area contributed by atoms with Crippen LogP contribution in [0, 0.1) is 6.92 Å². The maximum Gasteiger partial charge on any atom is 0.223 e. The highest BCUT2D eigenvalue weighted by Crippen LogP contribution is 2.29. The molecule has 0 aromatic heterocycles. The minimum atomic E-state index is 0. The van der Waals surface area contributed by atoms with Crippen LogP contribution in [0.3, 0.4) is 0 Å². The second-order valence-corrected chi connectivity index (χ2v) is 7.06. The molecule has 0 aliphatic carbocycles. The van der Waals surface area contributed by atoms with E-state index >= 15 is 0 Å². The Bertz CT molecular complexity index is 576. The van der Waals surface area contributed by atoms with E-state index in [4.69, 9.17) is 0 Å². The lowest BCUT2D eigenvalue weighted by atomic mass is 9.98. The van der Waals surface area contributed by atoms with Crippen LogP contribution >= 0.6 is 12.4 Å². The predicted octanol–water partition coefficient (Wildman–Crippen LogP) is 3.12. The number of amides is 1. The molecule has 2 bridgehead atoms. The van der Waals surface area contributed by atoms with Gasteiger partial charge in [0.25, 0.3) is 0 Å². The van der Waals surface area contributed by atoms with E-state index in [1.807, 2.05) is 43.1 Å². The Hall–Kier alpha value is -1.39. The van der Waals surface area contributed by atoms with Crippen molar-refractivity contribution in [1.29, 1.82) is 0 Å². The van der Waals surface area contributed by atoms with E-state index in [1.165, 1.54) is 12.8 Å². The first-order valence-electron chi connectivity index (χ1n) is 8.64. The molecule has 0 saturated carbocycles. The number of carbonyl (C=O) groups is 2. The third-order valence-corrected chi connectivity index (χ3v) is 5.33. The molecular weight excluding hydrogens is 324 g/mol. The number of fused-ring (bicyclic) bond motifs is 2. The van der Waals surface area contributed by atoms with Crippen LogP contribution in [0.2, 0.25) is 0 Å². The van der Waals surface area contributed by atoms with Crippen molar-refractivity contribution in [3.05, 3.63) is 35.4 Å². The molecule has 2 saturated heterocycles. The quantitative estimate of drug-likeness (QED) is 0.830. The minimum Gasteiger partial charge on any atom is -0.343 e. The first-order valence-corrected chi connectivity index (χ1v) is 8.64. The largest absolute Gasteiger partial charge is 0.343 e. The van der Waals surface area contributed by atoms with Gasteiger partial charge in [0.05, 0.1) is 0 Å². The standard InChI is InChI=1S/C19H26N2O2.ClH/c1-13-3-5-14(6-4-13)18(22)9-10-19(23)21(2)17-11-15-7-8-16(12-17)20-15;/h3-6,15-17,20H,7-12H2,1-2H3;1H. The molecule has 2 heterocycles. The fourth-order valence-electron chi connectivity index (χ4n) is 3.83. The number of carbonyl (C=O) groups excluding carboxylic acids is 2. The molecule has 0 radical (unpaired) electrons. The van der Waals surface area contributed by atoms with Gasteiger partial charge < -0.3 is 10.2 Å². The zero-order chi connectivity index (χ0) is 16.4. The van der Waals surface area contributed by atoms with E-state index in [0.29, 0.717) is 36.5 Å². The number of Topliss-reactive ketones (excluding diaryl/α,β-unsaturated/α-hetero) is 1. The summed E-state index contributed by atoms with van der Waals surface area (Å²) in [6.07, 6.45) is 5.16. The van der Waals surface area contributed by atoms with Gasteiger partial charge in [-0.05, 0) is 32.6 Å². The molecule has 2 aliphatic rings. The van der Waals surface area contributed by atoms with Crippen LogP contribution in [0.4, 0.5) is 0 Å². The highest BCUT2D eigenvalue weighted by molar-refractivity contribution is 5.98. The van der Waals surface area contributed by atoms with E-state index < -0.39 is 0 Å². The number of halogens is 1. The molecule has 2 atom stereocenters. The molecule has 5 heteroatoms. The van der Waals surface area contributed by atoms with E-state index in [0.717, 1.165) is 18.4 Å². The van der Waals surface area contributed by atoms with Gasteiger partial charge in [-0.3, -0.25) is 9.59 Å². The second kappa shape index (κ2) is 8.13. The summed E-state index contributed by atoms with van der Waals surface area (Å²) in [5, 5.41) is 3.60. The van der Waals surface area contributed by atoms with Gasteiger partial charge in [0, 0.05) is 43.6 Å². The maximum atomic E-state index is 12.4. The molecule has 132 valence electrons. The van der Waals surface area contributed by atoms with E-state index in [-0.39, 0.29) is 24.1 Å². The zero-order valence-electron chi connectivity index (χ0n) is 14.5. The Morgan fingerprint density at radius 1 is 1.08 bits per heavy atom. The van der Waals surface area contributed by atoms with Crippen LogP contribution in [-0.4, -0.2) is 41.8 Å². The first-order chi connectivity index (χ1) is 11.0.